The lowest BCUT2D eigenvalue weighted by Crippen LogP contribution is -2.43. The smallest absolute Gasteiger partial charge is 0.193 e. The summed E-state index contributed by atoms with van der Waals surface area (Å²) in [6.07, 6.45) is 0.666. The van der Waals surface area contributed by atoms with Crippen LogP contribution in [0, 0.1) is 0 Å². The topological polar surface area (TPSA) is 80.3 Å². The van der Waals surface area contributed by atoms with Gasteiger partial charge in [0.2, 0.25) is 0 Å². The SMILES string of the molecule is O=S1(=O)CC(NCCc2ccc(Cl)cc2)C(S(=O)(=O)c2cccs2)C1. The van der Waals surface area contributed by atoms with Gasteiger partial charge in [0.1, 0.15) is 4.21 Å². The van der Waals surface area contributed by atoms with Crippen molar-refractivity contribution in [2.75, 3.05) is 18.1 Å². The Morgan fingerprint density at radius 1 is 1.16 bits per heavy atom. The van der Waals surface area contributed by atoms with Crippen molar-refractivity contribution in [2.45, 2.75) is 21.9 Å². The van der Waals surface area contributed by atoms with Gasteiger partial charge in [0.05, 0.1) is 16.8 Å². The maximum atomic E-state index is 12.8. The van der Waals surface area contributed by atoms with Crippen LogP contribution in [0.5, 0.6) is 0 Å². The molecule has 0 saturated carbocycles. The van der Waals surface area contributed by atoms with Crippen molar-refractivity contribution in [3.63, 3.8) is 0 Å². The Labute approximate surface area is 156 Å². The van der Waals surface area contributed by atoms with Crippen molar-refractivity contribution in [1.29, 1.82) is 0 Å². The first-order valence-corrected chi connectivity index (χ1v) is 12.4. The molecule has 5 nitrogen and oxygen atoms in total. The van der Waals surface area contributed by atoms with E-state index in [9.17, 15) is 16.8 Å². The minimum atomic E-state index is -3.66. The van der Waals surface area contributed by atoms with Crippen LogP contribution in [-0.4, -0.2) is 46.2 Å². The Hall–Kier alpha value is -0.930. The Bertz CT molecular complexity index is 922. The number of sulfone groups is 2. The first kappa shape index (κ1) is 18.8. The maximum absolute atomic E-state index is 12.8. The van der Waals surface area contributed by atoms with Gasteiger partial charge >= 0.3 is 0 Å². The fourth-order valence-corrected chi connectivity index (χ4v) is 9.01. The minimum Gasteiger partial charge on any atom is -0.311 e. The maximum Gasteiger partial charge on any atom is 0.193 e. The third-order valence-corrected chi connectivity index (χ3v) is 10.0. The van der Waals surface area contributed by atoms with Gasteiger partial charge in [-0.2, -0.15) is 0 Å². The molecule has 1 aliphatic heterocycles. The highest BCUT2D eigenvalue weighted by molar-refractivity contribution is 7.97. The number of halogens is 1. The standard InChI is InChI=1S/C16H18ClNO4S3/c17-13-5-3-12(4-6-13)7-8-18-14-10-24(19,20)11-15(14)25(21,22)16-2-1-9-23-16/h1-6,9,14-15,18H,7-8,10-11H2. The molecule has 1 fully saturated rings. The summed E-state index contributed by atoms with van der Waals surface area (Å²) in [5.74, 6) is -0.477. The van der Waals surface area contributed by atoms with Crippen molar-refractivity contribution < 1.29 is 16.8 Å². The van der Waals surface area contributed by atoms with E-state index in [1.165, 1.54) is 6.07 Å². The van der Waals surface area contributed by atoms with Crippen LogP contribution in [0.2, 0.25) is 5.02 Å². The number of benzene rings is 1. The summed E-state index contributed by atoms with van der Waals surface area (Å²) < 4.78 is 49.8. The summed E-state index contributed by atoms with van der Waals surface area (Å²) in [6.45, 7) is 0.498. The van der Waals surface area contributed by atoms with Gasteiger partial charge in [-0.25, -0.2) is 16.8 Å². The first-order valence-electron chi connectivity index (χ1n) is 7.73. The molecule has 25 heavy (non-hydrogen) atoms. The van der Waals surface area contributed by atoms with E-state index in [1.807, 2.05) is 12.1 Å². The van der Waals surface area contributed by atoms with Crippen LogP contribution in [0.3, 0.4) is 0 Å². The molecule has 1 N–H and O–H groups in total. The molecule has 0 aliphatic carbocycles. The van der Waals surface area contributed by atoms with E-state index in [0.29, 0.717) is 18.0 Å². The van der Waals surface area contributed by atoms with Crippen LogP contribution in [0.25, 0.3) is 0 Å². The van der Waals surface area contributed by atoms with Crippen LogP contribution in [0.1, 0.15) is 5.56 Å². The van der Waals surface area contributed by atoms with Gasteiger partial charge in [-0.1, -0.05) is 29.8 Å². The quantitative estimate of drug-likeness (QED) is 0.776. The predicted octanol–water partition coefficient (Wildman–Crippen LogP) is 2.17. The Balaban J connectivity index is 1.71. The highest BCUT2D eigenvalue weighted by atomic mass is 35.5. The van der Waals surface area contributed by atoms with E-state index in [1.54, 1.807) is 23.6 Å². The van der Waals surface area contributed by atoms with E-state index in [2.05, 4.69) is 5.32 Å². The summed E-state index contributed by atoms with van der Waals surface area (Å²) in [5.41, 5.74) is 1.05. The fourth-order valence-electron chi connectivity index (χ4n) is 2.94. The van der Waals surface area contributed by atoms with Gasteiger partial charge in [0.15, 0.2) is 19.7 Å². The molecule has 2 aromatic rings. The molecule has 2 atom stereocenters. The summed E-state index contributed by atoms with van der Waals surface area (Å²) in [6, 6.07) is 9.97. The molecule has 0 amide bonds. The van der Waals surface area contributed by atoms with Crippen LogP contribution in [-0.2, 0) is 26.1 Å². The first-order chi connectivity index (χ1) is 11.8. The van der Waals surface area contributed by atoms with Crippen molar-refractivity contribution in [2.24, 2.45) is 0 Å². The molecule has 136 valence electrons. The molecule has 1 aromatic heterocycles. The van der Waals surface area contributed by atoms with Crippen molar-refractivity contribution in [3.8, 4) is 0 Å². The Morgan fingerprint density at radius 2 is 1.88 bits per heavy atom. The normalized spacial score (nSPS) is 22.9. The highest BCUT2D eigenvalue weighted by Crippen LogP contribution is 2.28. The largest absolute Gasteiger partial charge is 0.311 e. The lowest BCUT2D eigenvalue weighted by molar-refractivity contribution is 0.529. The summed E-state index contributed by atoms with van der Waals surface area (Å²) in [5, 5.41) is 4.52. The third kappa shape index (κ3) is 4.43. The number of hydrogen-bond donors (Lipinski definition) is 1. The van der Waals surface area contributed by atoms with E-state index in [0.717, 1.165) is 16.9 Å². The summed E-state index contributed by atoms with van der Waals surface area (Å²) >= 11 is 6.97. The molecular formula is C16H18ClNO4S3. The molecule has 0 bridgehead atoms. The average molecular weight is 420 g/mol. The monoisotopic (exact) mass is 419 g/mol. The van der Waals surface area contributed by atoms with Crippen molar-refractivity contribution >= 4 is 42.6 Å². The Morgan fingerprint density at radius 3 is 2.52 bits per heavy atom. The number of nitrogens with one attached hydrogen (secondary N) is 1. The third-order valence-electron chi connectivity index (χ3n) is 4.21. The van der Waals surface area contributed by atoms with E-state index in [-0.39, 0.29) is 15.7 Å². The lowest BCUT2D eigenvalue weighted by Gasteiger charge is -2.19. The second kappa shape index (κ2) is 7.36. The molecule has 1 aliphatic rings. The fraction of sp³-hybridized carbons (Fsp3) is 0.375. The second-order valence-electron chi connectivity index (χ2n) is 6.03. The van der Waals surface area contributed by atoms with Gasteiger partial charge in [0, 0.05) is 11.1 Å². The average Bonchev–Trinajstić information content (AvgIpc) is 3.18. The molecule has 2 unspecified atom stereocenters. The summed E-state index contributed by atoms with van der Waals surface area (Å²) in [4.78, 5) is 0. The Kier molecular flexibility index (Phi) is 5.55. The zero-order valence-electron chi connectivity index (χ0n) is 13.3. The molecule has 9 heteroatoms. The van der Waals surface area contributed by atoms with E-state index in [4.69, 9.17) is 11.6 Å². The molecule has 1 aromatic carbocycles. The molecule has 1 saturated heterocycles. The van der Waals surface area contributed by atoms with Gasteiger partial charge in [-0.15, -0.1) is 11.3 Å². The second-order valence-corrected chi connectivity index (χ2v) is 12.0. The van der Waals surface area contributed by atoms with Crippen LogP contribution >= 0.6 is 22.9 Å². The number of rotatable bonds is 6. The predicted molar refractivity (Wildman–Crippen MR) is 101 cm³/mol. The zero-order chi connectivity index (χ0) is 18.1. The van der Waals surface area contributed by atoms with Gasteiger partial charge in [0.25, 0.3) is 0 Å². The van der Waals surface area contributed by atoms with Crippen molar-refractivity contribution in [3.05, 3.63) is 52.4 Å². The van der Waals surface area contributed by atoms with Gasteiger partial charge in [-0.05, 0) is 42.1 Å². The summed E-state index contributed by atoms with van der Waals surface area (Å²) in [7, 11) is -7.03. The van der Waals surface area contributed by atoms with Crippen molar-refractivity contribution in [1.82, 2.24) is 5.32 Å². The molecular weight excluding hydrogens is 402 g/mol. The number of thiophene rings is 1. The van der Waals surface area contributed by atoms with Gasteiger partial charge in [-0.3, -0.25) is 0 Å². The van der Waals surface area contributed by atoms with Crippen LogP contribution < -0.4 is 5.32 Å². The molecule has 3 rings (SSSR count). The van der Waals surface area contributed by atoms with Crippen LogP contribution in [0.4, 0.5) is 0 Å². The van der Waals surface area contributed by atoms with E-state index >= 15 is 0 Å². The molecule has 0 radical (unpaired) electrons. The van der Waals surface area contributed by atoms with Crippen LogP contribution in [0.15, 0.2) is 46.0 Å². The highest BCUT2D eigenvalue weighted by Gasteiger charge is 2.45. The zero-order valence-corrected chi connectivity index (χ0v) is 16.5. The van der Waals surface area contributed by atoms with E-state index < -0.39 is 31.0 Å². The minimum absolute atomic E-state index is 0.150. The molecule has 2 heterocycles. The lowest BCUT2D eigenvalue weighted by atomic mass is 10.1. The van der Waals surface area contributed by atoms with Gasteiger partial charge < -0.3 is 5.32 Å². The number of hydrogen-bond acceptors (Lipinski definition) is 6. The molecule has 0 spiro atoms.